The molecule has 2 saturated heterocycles. The topological polar surface area (TPSA) is 52.6 Å². The molecular formula is C11H20N2O2. The van der Waals surface area contributed by atoms with Crippen LogP contribution in [-0.2, 0) is 0 Å². The fourth-order valence-corrected chi connectivity index (χ4v) is 2.84. The minimum absolute atomic E-state index is 0.733. The molecule has 86 valence electrons. The number of amides is 1. The van der Waals surface area contributed by atoms with E-state index in [0.717, 1.165) is 50.9 Å². The first-order chi connectivity index (χ1) is 7.27. The summed E-state index contributed by atoms with van der Waals surface area (Å²) in [6, 6.07) is 0. The molecule has 4 nitrogen and oxygen atoms in total. The lowest BCUT2D eigenvalue weighted by atomic mass is 9.80. The molecule has 2 aliphatic heterocycles. The molecule has 4 heteroatoms. The number of likely N-dealkylation sites (tertiary alicyclic amines) is 1. The number of nitrogens with zero attached hydrogens (tertiary/aromatic N) is 1. The molecule has 0 aromatic carbocycles. The number of carboxylic acid groups (broad SMARTS) is 1. The van der Waals surface area contributed by atoms with Crippen molar-refractivity contribution >= 4 is 6.09 Å². The SMILES string of the molecule is O=C(O)N1CCC(C2CCCNC2)CC1. The van der Waals surface area contributed by atoms with Crippen LogP contribution in [0, 0.1) is 11.8 Å². The summed E-state index contributed by atoms with van der Waals surface area (Å²) in [4.78, 5) is 12.3. The van der Waals surface area contributed by atoms with Gasteiger partial charge in [-0.1, -0.05) is 0 Å². The van der Waals surface area contributed by atoms with Gasteiger partial charge in [-0.05, 0) is 50.6 Å². The molecule has 2 rings (SSSR count). The van der Waals surface area contributed by atoms with Crippen molar-refractivity contribution in [1.82, 2.24) is 10.2 Å². The number of hydrogen-bond acceptors (Lipinski definition) is 2. The van der Waals surface area contributed by atoms with E-state index in [-0.39, 0.29) is 0 Å². The third kappa shape index (κ3) is 2.62. The molecule has 1 unspecified atom stereocenters. The fourth-order valence-electron chi connectivity index (χ4n) is 2.84. The molecule has 0 aromatic rings. The van der Waals surface area contributed by atoms with Crippen molar-refractivity contribution in [2.75, 3.05) is 26.2 Å². The normalized spacial score (nSPS) is 29.1. The van der Waals surface area contributed by atoms with Gasteiger partial charge in [0.2, 0.25) is 0 Å². The molecule has 2 aliphatic rings. The van der Waals surface area contributed by atoms with Gasteiger partial charge in [-0.15, -0.1) is 0 Å². The first kappa shape index (κ1) is 10.7. The highest BCUT2D eigenvalue weighted by Gasteiger charge is 2.28. The molecular weight excluding hydrogens is 192 g/mol. The molecule has 0 saturated carbocycles. The lowest BCUT2D eigenvalue weighted by Gasteiger charge is -2.36. The number of hydrogen-bond donors (Lipinski definition) is 2. The maximum absolute atomic E-state index is 10.8. The fraction of sp³-hybridized carbons (Fsp3) is 0.909. The van der Waals surface area contributed by atoms with Crippen LogP contribution in [0.4, 0.5) is 4.79 Å². The zero-order valence-electron chi connectivity index (χ0n) is 9.11. The maximum atomic E-state index is 10.8. The Hall–Kier alpha value is -0.770. The highest BCUT2D eigenvalue weighted by molar-refractivity contribution is 5.64. The van der Waals surface area contributed by atoms with Gasteiger partial charge in [-0.3, -0.25) is 0 Å². The molecule has 0 aliphatic carbocycles. The smallest absolute Gasteiger partial charge is 0.407 e. The molecule has 1 amide bonds. The summed E-state index contributed by atoms with van der Waals surface area (Å²) in [7, 11) is 0. The Labute approximate surface area is 90.6 Å². The Morgan fingerprint density at radius 3 is 2.47 bits per heavy atom. The van der Waals surface area contributed by atoms with E-state index in [4.69, 9.17) is 5.11 Å². The van der Waals surface area contributed by atoms with Crippen LogP contribution >= 0.6 is 0 Å². The maximum Gasteiger partial charge on any atom is 0.407 e. The van der Waals surface area contributed by atoms with E-state index >= 15 is 0 Å². The summed E-state index contributed by atoms with van der Waals surface area (Å²) in [5, 5.41) is 12.3. The Bertz CT molecular complexity index is 219. The summed E-state index contributed by atoms with van der Waals surface area (Å²) in [5.41, 5.74) is 0. The molecule has 0 aromatic heterocycles. The zero-order valence-corrected chi connectivity index (χ0v) is 9.11. The third-order valence-corrected chi connectivity index (χ3v) is 3.81. The van der Waals surface area contributed by atoms with Crippen molar-refractivity contribution in [3.63, 3.8) is 0 Å². The van der Waals surface area contributed by atoms with Gasteiger partial charge in [-0.2, -0.15) is 0 Å². The largest absolute Gasteiger partial charge is 0.465 e. The van der Waals surface area contributed by atoms with Crippen molar-refractivity contribution in [2.24, 2.45) is 11.8 Å². The minimum atomic E-state index is -0.754. The monoisotopic (exact) mass is 212 g/mol. The van der Waals surface area contributed by atoms with Crippen LogP contribution in [0.15, 0.2) is 0 Å². The van der Waals surface area contributed by atoms with Gasteiger partial charge in [0.05, 0.1) is 0 Å². The molecule has 0 bridgehead atoms. The van der Waals surface area contributed by atoms with Crippen molar-refractivity contribution in [3.8, 4) is 0 Å². The van der Waals surface area contributed by atoms with E-state index in [9.17, 15) is 4.79 Å². The lowest BCUT2D eigenvalue weighted by Crippen LogP contribution is -2.42. The average Bonchev–Trinajstić information content (AvgIpc) is 2.30. The minimum Gasteiger partial charge on any atom is -0.465 e. The molecule has 2 N–H and O–H groups in total. The van der Waals surface area contributed by atoms with Gasteiger partial charge < -0.3 is 15.3 Å². The Kier molecular flexibility index (Phi) is 3.46. The van der Waals surface area contributed by atoms with Gasteiger partial charge >= 0.3 is 6.09 Å². The third-order valence-electron chi connectivity index (χ3n) is 3.81. The second-order valence-electron chi connectivity index (χ2n) is 4.71. The van der Waals surface area contributed by atoms with Crippen LogP contribution in [-0.4, -0.2) is 42.3 Å². The molecule has 0 spiro atoms. The van der Waals surface area contributed by atoms with Gasteiger partial charge in [0, 0.05) is 13.1 Å². The first-order valence-electron chi connectivity index (χ1n) is 5.96. The quantitative estimate of drug-likeness (QED) is 0.690. The Balaban J connectivity index is 1.79. The van der Waals surface area contributed by atoms with Gasteiger partial charge in [0.1, 0.15) is 0 Å². The van der Waals surface area contributed by atoms with E-state index < -0.39 is 6.09 Å². The summed E-state index contributed by atoms with van der Waals surface area (Å²) < 4.78 is 0. The predicted molar refractivity (Wildman–Crippen MR) is 57.9 cm³/mol. The van der Waals surface area contributed by atoms with Crippen LogP contribution in [0.2, 0.25) is 0 Å². The van der Waals surface area contributed by atoms with Crippen molar-refractivity contribution < 1.29 is 9.90 Å². The molecule has 1 atom stereocenters. The van der Waals surface area contributed by atoms with E-state index in [1.807, 2.05) is 0 Å². The number of piperidine rings is 2. The molecule has 0 radical (unpaired) electrons. The van der Waals surface area contributed by atoms with E-state index in [2.05, 4.69) is 5.32 Å². The van der Waals surface area contributed by atoms with E-state index in [0.29, 0.717) is 0 Å². The standard InChI is InChI=1S/C11H20N2O2/c14-11(15)13-6-3-9(4-7-13)10-2-1-5-12-8-10/h9-10,12H,1-8H2,(H,14,15). The van der Waals surface area contributed by atoms with Crippen molar-refractivity contribution in [2.45, 2.75) is 25.7 Å². The van der Waals surface area contributed by atoms with Crippen LogP contribution in [0.25, 0.3) is 0 Å². The summed E-state index contributed by atoms with van der Waals surface area (Å²) in [6.45, 7) is 3.76. The van der Waals surface area contributed by atoms with Crippen LogP contribution < -0.4 is 5.32 Å². The molecule has 15 heavy (non-hydrogen) atoms. The predicted octanol–water partition coefficient (Wildman–Crippen LogP) is 1.38. The summed E-state index contributed by atoms with van der Waals surface area (Å²) in [6.07, 6.45) is 3.96. The van der Waals surface area contributed by atoms with Crippen LogP contribution in [0.3, 0.4) is 0 Å². The summed E-state index contributed by atoms with van der Waals surface area (Å²) in [5.74, 6) is 1.53. The average molecular weight is 212 g/mol. The van der Waals surface area contributed by atoms with Crippen LogP contribution in [0.5, 0.6) is 0 Å². The Morgan fingerprint density at radius 1 is 1.20 bits per heavy atom. The second-order valence-corrected chi connectivity index (χ2v) is 4.71. The highest BCUT2D eigenvalue weighted by Crippen LogP contribution is 2.29. The van der Waals surface area contributed by atoms with Gasteiger partial charge in [-0.25, -0.2) is 4.79 Å². The van der Waals surface area contributed by atoms with Crippen molar-refractivity contribution in [3.05, 3.63) is 0 Å². The highest BCUT2D eigenvalue weighted by atomic mass is 16.4. The lowest BCUT2D eigenvalue weighted by molar-refractivity contribution is 0.107. The molecule has 2 heterocycles. The Morgan fingerprint density at radius 2 is 1.93 bits per heavy atom. The first-order valence-corrected chi connectivity index (χ1v) is 5.96. The second kappa shape index (κ2) is 4.84. The van der Waals surface area contributed by atoms with Gasteiger partial charge in [0.25, 0.3) is 0 Å². The van der Waals surface area contributed by atoms with Crippen LogP contribution in [0.1, 0.15) is 25.7 Å². The number of nitrogens with one attached hydrogen (secondary N) is 1. The number of rotatable bonds is 1. The van der Waals surface area contributed by atoms with E-state index in [1.165, 1.54) is 12.8 Å². The summed E-state index contributed by atoms with van der Waals surface area (Å²) >= 11 is 0. The number of carbonyl (C=O) groups is 1. The van der Waals surface area contributed by atoms with Gasteiger partial charge in [0.15, 0.2) is 0 Å². The zero-order chi connectivity index (χ0) is 10.7. The van der Waals surface area contributed by atoms with Crippen molar-refractivity contribution in [1.29, 1.82) is 0 Å². The van der Waals surface area contributed by atoms with E-state index in [1.54, 1.807) is 4.90 Å². The molecule has 2 fully saturated rings.